The van der Waals surface area contributed by atoms with E-state index < -0.39 is 5.60 Å². The molecule has 1 aromatic rings. The smallest absolute Gasteiger partial charge is 0.409 e. The monoisotopic (exact) mass is 334 g/mol. The zero-order valence-corrected chi connectivity index (χ0v) is 13.7. The van der Waals surface area contributed by atoms with E-state index in [1.165, 1.54) is 7.11 Å². The SMILES string of the molecule is COC(=O)N1CCC2C1CCCC2(O)C#Cc1ccnc(Cl)c1. The minimum Gasteiger partial charge on any atom is -0.453 e. The Kier molecular flexibility index (Phi) is 4.47. The number of carbonyl (C=O) groups is 1. The molecule has 3 unspecified atom stereocenters. The topological polar surface area (TPSA) is 62.7 Å². The van der Waals surface area contributed by atoms with Crippen LogP contribution in [0.4, 0.5) is 4.79 Å². The first-order valence-electron chi connectivity index (χ1n) is 7.75. The predicted molar refractivity (Wildman–Crippen MR) is 85.9 cm³/mol. The van der Waals surface area contributed by atoms with Gasteiger partial charge in [0.05, 0.1) is 7.11 Å². The van der Waals surface area contributed by atoms with Gasteiger partial charge in [-0.3, -0.25) is 0 Å². The van der Waals surface area contributed by atoms with Crippen LogP contribution in [-0.2, 0) is 4.74 Å². The van der Waals surface area contributed by atoms with Crippen molar-refractivity contribution in [2.75, 3.05) is 13.7 Å². The lowest BCUT2D eigenvalue weighted by Gasteiger charge is -2.39. The maximum absolute atomic E-state index is 11.9. The molecule has 1 saturated carbocycles. The van der Waals surface area contributed by atoms with Gasteiger partial charge in [-0.05, 0) is 37.8 Å². The zero-order valence-electron chi connectivity index (χ0n) is 13.0. The third-order valence-electron chi connectivity index (χ3n) is 4.78. The first kappa shape index (κ1) is 16.1. The number of ether oxygens (including phenoxy) is 1. The summed E-state index contributed by atoms with van der Waals surface area (Å²) < 4.78 is 4.84. The van der Waals surface area contributed by atoms with E-state index in [9.17, 15) is 9.90 Å². The molecule has 3 atom stereocenters. The van der Waals surface area contributed by atoms with E-state index in [4.69, 9.17) is 16.3 Å². The molecule has 6 heteroatoms. The number of hydrogen-bond donors (Lipinski definition) is 1. The number of aliphatic hydroxyl groups is 1. The van der Waals surface area contributed by atoms with Crippen molar-refractivity contribution in [1.82, 2.24) is 9.88 Å². The number of halogens is 1. The predicted octanol–water partition coefficient (Wildman–Crippen LogP) is 2.46. The van der Waals surface area contributed by atoms with Gasteiger partial charge in [0.1, 0.15) is 10.8 Å². The largest absolute Gasteiger partial charge is 0.453 e. The maximum Gasteiger partial charge on any atom is 0.409 e. The van der Waals surface area contributed by atoms with E-state index in [1.54, 1.807) is 23.2 Å². The summed E-state index contributed by atoms with van der Waals surface area (Å²) in [7, 11) is 1.39. The van der Waals surface area contributed by atoms with E-state index in [1.807, 2.05) is 0 Å². The second-order valence-corrected chi connectivity index (χ2v) is 6.45. The molecule has 0 spiro atoms. The van der Waals surface area contributed by atoms with Crippen molar-refractivity contribution < 1.29 is 14.6 Å². The number of rotatable bonds is 0. The molecule has 23 heavy (non-hydrogen) atoms. The van der Waals surface area contributed by atoms with Crippen molar-refractivity contribution in [3.8, 4) is 11.8 Å². The van der Waals surface area contributed by atoms with Gasteiger partial charge in [-0.15, -0.1) is 0 Å². The molecule has 1 saturated heterocycles. The molecule has 1 aliphatic heterocycles. The van der Waals surface area contributed by atoms with E-state index >= 15 is 0 Å². The number of aromatic nitrogens is 1. The molecule has 5 nitrogen and oxygen atoms in total. The molecule has 1 amide bonds. The molecular weight excluding hydrogens is 316 g/mol. The lowest BCUT2D eigenvalue weighted by molar-refractivity contribution is -0.0136. The van der Waals surface area contributed by atoms with Crippen molar-refractivity contribution in [1.29, 1.82) is 0 Å². The van der Waals surface area contributed by atoms with Gasteiger partial charge in [0.25, 0.3) is 0 Å². The summed E-state index contributed by atoms with van der Waals surface area (Å²) in [6.45, 7) is 0.604. The molecule has 2 heterocycles. The first-order chi connectivity index (χ1) is 11.0. The molecule has 0 radical (unpaired) electrons. The third kappa shape index (κ3) is 3.15. The Hall–Kier alpha value is -1.77. The second-order valence-electron chi connectivity index (χ2n) is 6.06. The summed E-state index contributed by atoms with van der Waals surface area (Å²) in [5.41, 5.74) is -0.357. The van der Waals surface area contributed by atoms with Gasteiger partial charge in [-0.2, -0.15) is 0 Å². The van der Waals surface area contributed by atoms with Gasteiger partial charge in [0, 0.05) is 30.3 Å². The highest BCUT2D eigenvalue weighted by molar-refractivity contribution is 6.29. The van der Waals surface area contributed by atoms with Gasteiger partial charge >= 0.3 is 6.09 Å². The Morgan fingerprint density at radius 2 is 2.39 bits per heavy atom. The fourth-order valence-electron chi connectivity index (χ4n) is 3.69. The summed E-state index contributed by atoms with van der Waals surface area (Å²) in [5, 5.41) is 11.4. The quantitative estimate of drug-likeness (QED) is 0.585. The van der Waals surface area contributed by atoms with Crippen LogP contribution in [0.2, 0.25) is 5.15 Å². The molecule has 3 rings (SSSR count). The number of likely N-dealkylation sites (tertiary alicyclic amines) is 1. The molecule has 2 fully saturated rings. The van der Waals surface area contributed by atoms with Crippen molar-refractivity contribution in [2.24, 2.45) is 5.92 Å². The van der Waals surface area contributed by atoms with Crippen molar-refractivity contribution in [3.63, 3.8) is 0 Å². The first-order valence-corrected chi connectivity index (χ1v) is 8.13. The molecular formula is C17H19ClN2O3. The lowest BCUT2D eigenvalue weighted by atomic mass is 9.73. The number of amides is 1. The lowest BCUT2D eigenvalue weighted by Crippen LogP contribution is -2.49. The summed E-state index contributed by atoms with van der Waals surface area (Å²) >= 11 is 5.86. The normalized spacial score (nSPS) is 29.4. The van der Waals surface area contributed by atoms with Crippen LogP contribution in [-0.4, -0.2) is 46.4 Å². The number of pyridine rings is 1. The summed E-state index contributed by atoms with van der Waals surface area (Å²) in [6, 6.07) is 3.43. The van der Waals surface area contributed by atoms with Crippen LogP contribution in [0.3, 0.4) is 0 Å². The summed E-state index contributed by atoms with van der Waals surface area (Å²) in [5.74, 6) is 6.00. The Morgan fingerprint density at radius 1 is 1.57 bits per heavy atom. The van der Waals surface area contributed by atoms with Crippen LogP contribution >= 0.6 is 11.6 Å². The molecule has 0 bridgehead atoms. The van der Waals surface area contributed by atoms with Gasteiger partial charge in [-0.25, -0.2) is 9.78 Å². The van der Waals surface area contributed by atoms with Crippen LogP contribution in [0.25, 0.3) is 0 Å². The Labute approximate surface area is 140 Å². The average molecular weight is 335 g/mol. The van der Waals surface area contributed by atoms with Crippen molar-refractivity contribution in [2.45, 2.75) is 37.3 Å². The van der Waals surface area contributed by atoms with Crippen LogP contribution in [0, 0.1) is 17.8 Å². The highest BCUT2D eigenvalue weighted by Gasteiger charge is 2.50. The zero-order chi connectivity index (χ0) is 16.4. The van der Waals surface area contributed by atoms with E-state index in [-0.39, 0.29) is 18.1 Å². The summed E-state index contributed by atoms with van der Waals surface area (Å²) in [6.07, 6.45) is 4.34. The van der Waals surface area contributed by atoms with E-state index in [0.717, 1.165) is 24.8 Å². The standard InChI is InChI=1S/C17H19ClN2O3/c1-23-16(21)20-10-6-13-14(20)3-2-7-17(13,22)8-4-12-5-9-19-15(18)11-12/h5,9,11,13-14,22H,2-3,6-7,10H2,1H3. The van der Waals surface area contributed by atoms with Gasteiger partial charge in [0.15, 0.2) is 0 Å². The van der Waals surface area contributed by atoms with E-state index in [2.05, 4.69) is 16.8 Å². The number of methoxy groups -OCH3 is 1. The van der Waals surface area contributed by atoms with Gasteiger partial charge in [0.2, 0.25) is 0 Å². The number of hydrogen-bond acceptors (Lipinski definition) is 4. The van der Waals surface area contributed by atoms with Gasteiger partial charge < -0.3 is 14.7 Å². The van der Waals surface area contributed by atoms with Crippen LogP contribution in [0.1, 0.15) is 31.2 Å². The third-order valence-corrected chi connectivity index (χ3v) is 4.98. The number of carbonyl (C=O) groups excluding carboxylic acids is 1. The maximum atomic E-state index is 11.9. The summed E-state index contributed by atoms with van der Waals surface area (Å²) in [4.78, 5) is 17.5. The number of fused-ring (bicyclic) bond motifs is 1. The minimum atomic E-state index is -1.08. The van der Waals surface area contributed by atoms with Crippen LogP contribution in [0.5, 0.6) is 0 Å². The Bertz CT molecular complexity index is 669. The number of nitrogens with zero attached hydrogens (tertiary/aromatic N) is 2. The second kappa shape index (κ2) is 6.38. The minimum absolute atomic E-state index is 0.00321. The van der Waals surface area contributed by atoms with Crippen molar-refractivity contribution in [3.05, 3.63) is 29.0 Å². The highest BCUT2D eigenvalue weighted by Crippen LogP contribution is 2.42. The Morgan fingerprint density at radius 3 is 3.13 bits per heavy atom. The molecule has 0 aromatic carbocycles. The van der Waals surface area contributed by atoms with Crippen LogP contribution in [0.15, 0.2) is 18.3 Å². The molecule has 2 aliphatic rings. The fourth-order valence-corrected chi connectivity index (χ4v) is 3.87. The van der Waals surface area contributed by atoms with Crippen molar-refractivity contribution >= 4 is 17.7 Å². The molecule has 122 valence electrons. The molecule has 1 aliphatic carbocycles. The van der Waals surface area contributed by atoms with Crippen LogP contribution < -0.4 is 0 Å². The average Bonchev–Trinajstić information content (AvgIpc) is 2.98. The molecule has 1 N–H and O–H groups in total. The highest BCUT2D eigenvalue weighted by atomic mass is 35.5. The van der Waals surface area contributed by atoms with Gasteiger partial charge in [-0.1, -0.05) is 23.4 Å². The Balaban J connectivity index is 1.83. The van der Waals surface area contributed by atoms with E-state index in [0.29, 0.717) is 18.1 Å². The molecule has 1 aromatic heterocycles. The fraction of sp³-hybridized carbons (Fsp3) is 0.529.